The van der Waals surface area contributed by atoms with Gasteiger partial charge in [0.2, 0.25) is 10.0 Å². The second-order valence-corrected chi connectivity index (χ2v) is 6.78. The van der Waals surface area contributed by atoms with E-state index in [4.69, 9.17) is 12.6 Å². The van der Waals surface area contributed by atoms with Gasteiger partial charge in [0, 0.05) is 91.6 Å². The number of piperazine rings is 1. The van der Waals surface area contributed by atoms with Crippen molar-refractivity contribution in [2.75, 3.05) is 39.8 Å². The molecular weight excluding hydrogens is 453 g/mol. The average Bonchev–Trinajstić information content (AvgIpc) is 2.41. The first-order chi connectivity index (χ1) is 9.45. The van der Waals surface area contributed by atoms with Crippen LogP contribution in [0.1, 0.15) is 6.92 Å². The molecule has 1 aromatic rings. The predicted octanol–water partition coefficient (Wildman–Crippen LogP) is -0.190. The predicted molar refractivity (Wildman–Crippen MR) is 79.3 cm³/mol. The van der Waals surface area contributed by atoms with E-state index >= 15 is 0 Å². The third-order valence-corrected chi connectivity index (χ3v) is 5.28. The molecule has 1 aliphatic rings. The second kappa shape index (κ2) is 10.2. The average molecular weight is 472 g/mol. The van der Waals surface area contributed by atoms with Crippen LogP contribution in [0.15, 0.2) is 23.1 Å². The summed E-state index contributed by atoms with van der Waals surface area (Å²) in [5, 5.41) is 0. The molecule has 2 rings (SSSR count). The van der Waals surface area contributed by atoms with Crippen molar-refractivity contribution in [3.05, 3.63) is 18.2 Å². The molecule has 0 atom stereocenters. The summed E-state index contributed by atoms with van der Waals surface area (Å²) in [5.41, 5.74) is 0.349. The zero-order valence-electron chi connectivity index (χ0n) is 13.0. The van der Waals surface area contributed by atoms with Gasteiger partial charge in [-0.2, -0.15) is 4.31 Å². The second-order valence-electron chi connectivity index (χ2n) is 4.84. The van der Waals surface area contributed by atoms with Crippen molar-refractivity contribution in [1.82, 2.24) is 9.21 Å². The van der Waals surface area contributed by atoms with Crippen molar-refractivity contribution in [1.29, 1.82) is 0 Å². The largest absolute Gasteiger partial charge is 0.495 e. The maximum absolute atomic E-state index is 12.5. The Kier molecular flexibility index (Phi) is 10.8. The molecule has 5 nitrogen and oxygen atoms in total. The van der Waals surface area contributed by atoms with Gasteiger partial charge in [-0.15, -0.1) is 0 Å². The number of rotatable bonds is 4. The Bertz CT molecular complexity index is 579. The van der Waals surface area contributed by atoms with Crippen LogP contribution in [0.3, 0.4) is 0 Å². The standard InChI is InChI=1S/C13H19BN2O3S.2Y/c1-3-19-13-5-4-11(10-12(13)14)20(17,18)16-8-6-15(2)7-9-16;;/h4-5,10H,3,6-9H2,1-2H3;;. The zero-order chi connectivity index (χ0) is 14.8. The molecule has 1 heterocycles. The molecule has 0 unspecified atom stereocenters. The van der Waals surface area contributed by atoms with Crippen LogP contribution in [0.25, 0.3) is 0 Å². The number of likely N-dealkylation sites (N-methyl/N-ethyl adjacent to an activating group) is 1. The molecule has 22 heavy (non-hydrogen) atoms. The van der Waals surface area contributed by atoms with Crippen molar-refractivity contribution < 1.29 is 78.6 Å². The van der Waals surface area contributed by atoms with Crippen LogP contribution in [0.5, 0.6) is 5.75 Å². The van der Waals surface area contributed by atoms with Gasteiger partial charge in [0.1, 0.15) is 13.6 Å². The molecule has 1 saturated heterocycles. The topological polar surface area (TPSA) is 49.9 Å². The third kappa shape index (κ3) is 5.61. The molecule has 0 spiro atoms. The summed E-state index contributed by atoms with van der Waals surface area (Å²) in [6.45, 7) is 4.85. The Labute approximate surface area is 184 Å². The van der Waals surface area contributed by atoms with Crippen LogP contribution in [0.4, 0.5) is 0 Å². The first-order valence-electron chi connectivity index (χ1n) is 6.66. The summed E-state index contributed by atoms with van der Waals surface area (Å²) in [7, 11) is 4.36. The molecule has 1 aromatic carbocycles. The van der Waals surface area contributed by atoms with Crippen molar-refractivity contribution >= 4 is 23.3 Å². The van der Waals surface area contributed by atoms with Gasteiger partial charge in [-0.1, -0.05) is 5.46 Å². The molecule has 0 amide bonds. The molecular formula is C13H19BN2O3SY2. The van der Waals surface area contributed by atoms with Crippen LogP contribution in [-0.4, -0.2) is 65.3 Å². The van der Waals surface area contributed by atoms with E-state index in [0.29, 0.717) is 30.9 Å². The number of benzene rings is 1. The van der Waals surface area contributed by atoms with E-state index in [2.05, 4.69) is 4.90 Å². The van der Waals surface area contributed by atoms with E-state index in [1.165, 1.54) is 10.4 Å². The molecule has 0 saturated carbocycles. The monoisotopic (exact) mass is 472 g/mol. The van der Waals surface area contributed by atoms with Gasteiger partial charge in [-0.25, -0.2) is 8.42 Å². The first kappa shape index (κ1) is 23.2. The van der Waals surface area contributed by atoms with Crippen LogP contribution >= 0.6 is 0 Å². The van der Waals surface area contributed by atoms with Crippen LogP contribution < -0.4 is 10.2 Å². The molecule has 9 heteroatoms. The van der Waals surface area contributed by atoms with Crippen LogP contribution in [0.2, 0.25) is 0 Å². The minimum absolute atomic E-state index is 0. The zero-order valence-corrected chi connectivity index (χ0v) is 19.5. The van der Waals surface area contributed by atoms with Crippen LogP contribution in [-0.2, 0) is 75.4 Å². The smallest absolute Gasteiger partial charge is 0.243 e. The van der Waals surface area contributed by atoms with Crippen molar-refractivity contribution in [2.24, 2.45) is 0 Å². The summed E-state index contributed by atoms with van der Waals surface area (Å²) in [6.07, 6.45) is 0. The number of hydrogen-bond donors (Lipinski definition) is 0. The molecule has 0 bridgehead atoms. The number of ether oxygens (including phenoxy) is 1. The van der Waals surface area contributed by atoms with Gasteiger partial charge in [0.25, 0.3) is 0 Å². The van der Waals surface area contributed by atoms with E-state index in [1.54, 1.807) is 12.1 Å². The number of hydrogen-bond acceptors (Lipinski definition) is 4. The Balaban J connectivity index is 0.00000220. The van der Waals surface area contributed by atoms with E-state index < -0.39 is 10.0 Å². The molecule has 0 aromatic heterocycles. The Morgan fingerprint density at radius 3 is 2.27 bits per heavy atom. The van der Waals surface area contributed by atoms with Gasteiger partial charge in [0.15, 0.2) is 0 Å². The van der Waals surface area contributed by atoms with Crippen LogP contribution in [0, 0.1) is 0 Å². The third-order valence-electron chi connectivity index (χ3n) is 3.38. The maximum Gasteiger partial charge on any atom is 0.243 e. The number of nitrogens with zero attached hydrogens (tertiary/aromatic N) is 2. The van der Waals surface area contributed by atoms with Gasteiger partial charge in [-0.05, 0) is 32.2 Å². The fourth-order valence-electron chi connectivity index (χ4n) is 2.15. The molecule has 1 fully saturated rings. The molecule has 0 aliphatic carbocycles. The van der Waals surface area contributed by atoms with E-state index in [-0.39, 0.29) is 70.3 Å². The van der Waals surface area contributed by atoms with Gasteiger partial charge < -0.3 is 9.64 Å². The van der Waals surface area contributed by atoms with Crippen molar-refractivity contribution in [2.45, 2.75) is 11.8 Å². The summed E-state index contributed by atoms with van der Waals surface area (Å²) in [6, 6.07) is 4.63. The maximum atomic E-state index is 12.5. The van der Waals surface area contributed by atoms with Crippen molar-refractivity contribution in [3.8, 4) is 5.75 Å². The minimum atomic E-state index is -3.47. The summed E-state index contributed by atoms with van der Waals surface area (Å²) >= 11 is 0. The molecule has 0 N–H and O–H groups in total. The van der Waals surface area contributed by atoms with E-state index in [1.807, 2.05) is 14.0 Å². The van der Waals surface area contributed by atoms with E-state index in [0.717, 1.165) is 13.1 Å². The van der Waals surface area contributed by atoms with Gasteiger partial charge in [-0.3, -0.25) is 0 Å². The Morgan fingerprint density at radius 1 is 1.18 bits per heavy atom. The SMILES string of the molecule is [B]c1cc(S(=O)(=O)N2CCN(C)CC2)ccc1OCC.[Y].[Y]. The fraction of sp³-hybridized carbons (Fsp3) is 0.538. The molecule has 4 radical (unpaired) electrons. The summed E-state index contributed by atoms with van der Waals surface area (Å²) in [5.74, 6) is 0.518. The summed E-state index contributed by atoms with van der Waals surface area (Å²) in [4.78, 5) is 2.33. The van der Waals surface area contributed by atoms with Gasteiger partial charge in [0.05, 0.1) is 11.5 Å². The molecule has 114 valence electrons. The Hall–Kier alpha value is 1.16. The molecule has 1 aliphatic heterocycles. The summed E-state index contributed by atoms with van der Waals surface area (Å²) < 4.78 is 31.9. The number of sulfonamides is 1. The minimum Gasteiger partial charge on any atom is -0.495 e. The van der Waals surface area contributed by atoms with Gasteiger partial charge >= 0.3 is 0 Å². The first-order valence-corrected chi connectivity index (χ1v) is 8.10. The quantitative estimate of drug-likeness (QED) is 0.571. The normalized spacial score (nSPS) is 16.5. The Morgan fingerprint density at radius 2 is 1.77 bits per heavy atom. The van der Waals surface area contributed by atoms with Crippen molar-refractivity contribution in [3.63, 3.8) is 0 Å². The van der Waals surface area contributed by atoms with E-state index in [9.17, 15) is 8.42 Å². The fourth-order valence-corrected chi connectivity index (χ4v) is 3.61.